The molecule has 1 aromatic rings. The molecule has 0 aromatic carbocycles. The van der Waals surface area contributed by atoms with Crippen LogP contribution in [0.1, 0.15) is 29.9 Å². The predicted molar refractivity (Wildman–Crippen MR) is 54.8 cm³/mol. The molecule has 0 aliphatic carbocycles. The first-order valence-corrected chi connectivity index (χ1v) is 4.69. The van der Waals surface area contributed by atoms with Gasteiger partial charge in [0.1, 0.15) is 0 Å². The van der Waals surface area contributed by atoms with Crippen molar-refractivity contribution in [2.75, 3.05) is 0 Å². The molecule has 1 amide bonds. The Kier molecular flexibility index (Phi) is 3.81. The molecule has 0 radical (unpaired) electrons. The Bertz CT molecular complexity index is 346. The van der Waals surface area contributed by atoms with Crippen molar-refractivity contribution in [2.24, 2.45) is 12.9 Å². The van der Waals surface area contributed by atoms with Crippen molar-refractivity contribution in [3.8, 4) is 0 Å². The molecule has 15 heavy (non-hydrogen) atoms. The molecule has 6 heteroatoms. The molecule has 6 nitrogen and oxygen atoms in total. The highest BCUT2D eigenvalue weighted by Crippen LogP contribution is 2.09. The van der Waals surface area contributed by atoms with Gasteiger partial charge in [0.05, 0.1) is 30.2 Å². The minimum Gasteiger partial charge on any atom is -0.372 e. The second-order valence-electron chi connectivity index (χ2n) is 3.46. The van der Waals surface area contributed by atoms with Crippen molar-refractivity contribution >= 4 is 5.91 Å². The summed E-state index contributed by atoms with van der Waals surface area (Å²) in [5.41, 5.74) is 3.23. The maximum Gasteiger partial charge on any atom is 0.268 e. The molecular formula is C9H16N4O2. The van der Waals surface area contributed by atoms with Crippen LogP contribution in [0.15, 0.2) is 6.20 Å². The molecule has 1 heterocycles. The Morgan fingerprint density at radius 1 is 1.73 bits per heavy atom. The van der Waals surface area contributed by atoms with Gasteiger partial charge in [-0.05, 0) is 13.8 Å². The number of nitrogen functional groups attached to an aromatic ring is 1. The lowest BCUT2D eigenvalue weighted by Gasteiger charge is -2.09. The van der Waals surface area contributed by atoms with E-state index in [-0.39, 0.29) is 12.0 Å². The number of aromatic nitrogens is 2. The molecule has 84 valence electrons. The average Bonchev–Trinajstić information content (AvgIpc) is 2.55. The van der Waals surface area contributed by atoms with Gasteiger partial charge in [-0.15, -0.1) is 0 Å². The summed E-state index contributed by atoms with van der Waals surface area (Å²) in [7, 11) is 1.76. The number of hydrogen-bond donors (Lipinski definition) is 2. The van der Waals surface area contributed by atoms with Gasteiger partial charge in [0, 0.05) is 7.05 Å². The third-order valence-corrected chi connectivity index (χ3v) is 1.99. The molecule has 0 bridgehead atoms. The van der Waals surface area contributed by atoms with E-state index in [2.05, 4.69) is 10.5 Å². The molecule has 3 N–H and O–H groups in total. The number of nitrogens with zero attached hydrogens (tertiary/aromatic N) is 2. The van der Waals surface area contributed by atoms with Crippen molar-refractivity contribution in [3.05, 3.63) is 17.5 Å². The van der Waals surface area contributed by atoms with Gasteiger partial charge in [0.25, 0.3) is 5.91 Å². The highest BCUT2D eigenvalue weighted by atomic mass is 16.5. The summed E-state index contributed by atoms with van der Waals surface area (Å²) in [6.45, 7) is 4.20. The highest BCUT2D eigenvalue weighted by molar-refractivity contribution is 5.94. The van der Waals surface area contributed by atoms with Gasteiger partial charge in [-0.1, -0.05) is 0 Å². The van der Waals surface area contributed by atoms with Crippen LogP contribution < -0.4 is 11.3 Å². The summed E-state index contributed by atoms with van der Waals surface area (Å²) < 4.78 is 7.02. The fourth-order valence-electron chi connectivity index (χ4n) is 1.15. The third-order valence-electron chi connectivity index (χ3n) is 1.99. The molecule has 0 spiro atoms. The lowest BCUT2D eigenvalue weighted by Crippen LogP contribution is -2.30. The average molecular weight is 212 g/mol. The van der Waals surface area contributed by atoms with Crippen molar-refractivity contribution in [1.82, 2.24) is 15.2 Å². The van der Waals surface area contributed by atoms with Gasteiger partial charge in [-0.2, -0.15) is 5.10 Å². The van der Waals surface area contributed by atoms with Gasteiger partial charge in [0.15, 0.2) is 0 Å². The lowest BCUT2D eigenvalue weighted by atomic mass is 10.2. The summed E-state index contributed by atoms with van der Waals surface area (Å²) >= 11 is 0. The number of amides is 1. The van der Waals surface area contributed by atoms with E-state index < -0.39 is 0 Å². The topological polar surface area (TPSA) is 82.2 Å². The van der Waals surface area contributed by atoms with Crippen LogP contribution in [0.2, 0.25) is 0 Å². The Labute approximate surface area is 88.4 Å². The first-order valence-electron chi connectivity index (χ1n) is 4.69. The van der Waals surface area contributed by atoms with E-state index in [0.717, 1.165) is 0 Å². The monoisotopic (exact) mass is 212 g/mol. The molecule has 1 aromatic heterocycles. The largest absolute Gasteiger partial charge is 0.372 e. The van der Waals surface area contributed by atoms with E-state index in [9.17, 15) is 4.79 Å². The number of carbonyl (C=O) groups is 1. The Balaban J connectivity index is 2.84. The fraction of sp³-hybridized carbons (Fsp3) is 0.556. The van der Waals surface area contributed by atoms with Crippen LogP contribution in [0.4, 0.5) is 0 Å². The third kappa shape index (κ3) is 2.77. The van der Waals surface area contributed by atoms with Crippen molar-refractivity contribution < 1.29 is 9.53 Å². The molecule has 0 saturated carbocycles. The molecule has 0 saturated heterocycles. The van der Waals surface area contributed by atoms with E-state index in [1.54, 1.807) is 11.7 Å². The van der Waals surface area contributed by atoms with Gasteiger partial charge < -0.3 is 4.74 Å². The molecule has 0 aliphatic rings. The van der Waals surface area contributed by atoms with Crippen molar-refractivity contribution in [3.63, 3.8) is 0 Å². The second-order valence-corrected chi connectivity index (χ2v) is 3.46. The molecular weight excluding hydrogens is 196 g/mol. The van der Waals surface area contributed by atoms with Crippen LogP contribution in [-0.4, -0.2) is 21.8 Å². The van der Waals surface area contributed by atoms with E-state index in [4.69, 9.17) is 10.6 Å². The zero-order valence-electron chi connectivity index (χ0n) is 9.15. The van der Waals surface area contributed by atoms with Gasteiger partial charge in [-0.3, -0.25) is 14.9 Å². The quantitative estimate of drug-likeness (QED) is 0.416. The van der Waals surface area contributed by atoms with E-state index in [0.29, 0.717) is 17.9 Å². The van der Waals surface area contributed by atoms with Crippen molar-refractivity contribution in [2.45, 2.75) is 26.6 Å². The zero-order chi connectivity index (χ0) is 11.4. The number of nitrogens with two attached hydrogens (primary N) is 1. The van der Waals surface area contributed by atoms with Crippen LogP contribution in [-0.2, 0) is 18.4 Å². The Morgan fingerprint density at radius 3 is 2.93 bits per heavy atom. The number of carbonyl (C=O) groups excluding carboxylic acids is 1. The fourth-order valence-corrected chi connectivity index (χ4v) is 1.15. The zero-order valence-corrected chi connectivity index (χ0v) is 9.15. The predicted octanol–water partition coefficient (Wildman–Crippen LogP) is -0.0514. The summed E-state index contributed by atoms with van der Waals surface area (Å²) in [6.07, 6.45) is 1.58. The van der Waals surface area contributed by atoms with Gasteiger partial charge >= 0.3 is 0 Å². The molecule has 0 atom stereocenters. The van der Waals surface area contributed by atoms with Crippen LogP contribution in [0.25, 0.3) is 0 Å². The van der Waals surface area contributed by atoms with Gasteiger partial charge in [-0.25, -0.2) is 5.84 Å². The smallest absolute Gasteiger partial charge is 0.268 e. The first-order chi connectivity index (χ1) is 7.06. The van der Waals surface area contributed by atoms with Gasteiger partial charge in [0.2, 0.25) is 0 Å². The number of ether oxygens (including phenoxy) is 1. The maximum absolute atomic E-state index is 11.3. The summed E-state index contributed by atoms with van der Waals surface area (Å²) in [5.74, 6) is 4.70. The first kappa shape index (κ1) is 11.7. The number of nitrogens with one attached hydrogen (secondary N) is 1. The normalized spacial score (nSPS) is 10.7. The lowest BCUT2D eigenvalue weighted by molar-refractivity contribution is 0.0606. The number of rotatable bonds is 4. The van der Waals surface area contributed by atoms with Crippen LogP contribution in [0, 0.1) is 0 Å². The molecule has 0 fully saturated rings. The minimum absolute atomic E-state index is 0.105. The second kappa shape index (κ2) is 4.90. The van der Waals surface area contributed by atoms with E-state index in [1.807, 2.05) is 13.8 Å². The Hall–Kier alpha value is -1.40. The number of aryl methyl sites for hydroxylation is 1. The number of hydrazine groups is 1. The summed E-state index contributed by atoms with van der Waals surface area (Å²) in [4.78, 5) is 11.3. The standard InChI is InChI=1S/C9H16N4O2/c1-6(2)15-5-8-7(9(14)12-10)4-11-13(8)3/h4,6H,5,10H2,1-3H3,(H,12,14). The summed E-state index contributed by atoms with van der Waals surface area (Å²) in [6, 6.07) is 0. The van der Waals surface area contributed by atoms with Crippen LogP contribution in [0.5, 0.6) is 0 Å². The van der Waals surface area contributed by atoms with E-state index >= 15 is 0 Å². The number of hydrogen-bond acceptors (Lipinski definition) is 4. The Morgan fingerprint density at radius 2 is 2.40 bits per heavy atom. The molecule has 0 unspecified atom stereocenters. The molecule has 0 aliphatic heterocycles. The highest BCUT2D eigenvalue weighted by Gasteiger charge is 2.15. The molecule has 1 rings (SSSR count). The summed E-state index contributed by atoms with van der Waals surface area (Å²) in [5, 5.41) is 3.98. The SMILES string of the molecule is CC(C)OCc1c(C(=O)NN)cnn1C. The maximum atomic E-state index is 11.3. The van der Waals surface area contributed by atoms with Crippen LogP contribution in [0.3, 0.4) is 0 Å². The minimum atomic E-state index is -0.356. The van der Waals surface area contributed by atoms with Crippen LogP contribution >= 0.6 is 0 Å². The van der Waals surface area contributed by atoms with E-state index in [1.165, 1.54) is 6.20 Å². The van der Waals surface area contributed by atoms with Crippen molar-refractivity contribution in [1.29, 1.82) is 0 Å².